The third kappa shape index (κ3) is 2.37. The first-order valence-corrected chi connectivity index (χ1v) is 8.28. The van der Waals surface area contributed by atoms with Crippen LogP contribution >= 0.6 is 15.9 Å². The van der Waals surface area contributed by atoms with Crippen molar-refractivity contribution in [2.75, 3.05) is 11.9 Å². The molecule has 4 heteroatoms. The van der Waals surface area contributed by atoms with Gasteiger partial charge in [-0.05, 0) is 60.3 Å². The highest BCUT2D eigenvalue weighted by atomic mass is 79.9. The van der Waals surface area contributed by atoms with Crippen LogP contribution in [0.5, 0.6) is 0 Å². The third-order valence-electron chi connectivity index (χ3n) is 4.95. The average Bonchev–Trinajstić information content (AvgIpc) is 2.94. The zero-order valence-electron chi connectivity index (χ0n) is 11.8. The molecule has 1 spiro atoms. The Hall–Kier alpha value is -0.610. The van der Waals surface area contributed by atoms with Crippen LogP contribution in [0.3, 0.4) is 0 Å². The van der Waals surface area contributed by atoms with Crippen molar-refractivity contribution in [2.24, 2.45) is 5.41 Å². The van der Waals surface area contributed by atoms with Crippen LogP contribution in [0, 0.1) is 11.2 Å². The summed E-state index contributed by atoms with van der Waals surface area (Å²) >= 11 is 3.19. The molecule has 1 N–H and O–H groups in total. The van der Waals surface area contributed by atoms with Gasteiger partial charge in [-0.3, -0.25) is 0 Å². The molecule has 2 fully saturated rings. The largest absolute Gasteiger partial charge is 0.381 e. The Kier molecular flexibility index (Phi) is 4.04. The van der Waals surface area contributed by atoms with E-state index in [4.69, 9.17) is 4.74 Å². The highest BCUT2D eigenvalue weighted by molar-refractivity contribution is 9.10. The first-order valence-electron chi connectivity index (χ1n) is 7.49. The topological polar surface area (TPSA) is 21.3 Å². The molecule has 20 heavy (non-hydrogen) atoms. The lowest BCUT2D eigenvalue weighted by molar-refractivity contribution is -0.114. The van der Waals surface area contributed by atoms with Crippen molar-refractivity contribution < 1.29 is 9.13 Å². The van der Waals surface area contributed by atoms with E-state index in [9.17, 15) is 4.39 Å². The van der Waals surface area contributed by atoms with Gasteiger partial charge < -0.3 is 10.1 Å². The molecule has 0 aromatic heterocycles. The molecule has 2 atom stereocenters. The zero-order valence-corrected chi connectivity index (χ0v) is 13.4. The van der Waals surface area contributed by atoms with Crippen LogP contribution in [-0.2, 0) is 4.74 Å². The van der Waals surface area contributed by atoms with Gasteiger partial charge in [0, 0.05) is 23.8 Å². The molecule has 0 heterocycles. The summed E-state index contributed by atoms with van der Waals surface area (Å²) in [6.07, 6.45) is 6.45. The molecular formula is C16H21BrFNO. The predicted octanol–water partition coefficient (Wildman–Crippen LogP) is 4.74. The van der Waals surface area contributed by atoms with E-state index in [1.54, 1.807) is 12.1 Å². The normalized spacial score (nSPS) is 27.6. The lowest BCUT2D eigenvalue weighted by Gasteiger charge is -2.54. The number of benzene rings is 1. The second-order valence-electron chi connectivity index (χ2n) is 5.95. The lowest BCUT2D eigenvalue weighted by atomic mass is 9.60. The van der Waals surface area contributed by atoms with E-state index in [1.165, 1.54) is 25.7 Å². The summed E-state index contributed by atoms with van der Waals surface area (Å²) < 4.78 is 20.0. The Morgan fingerprint density at radius 1 is 1.40 bits per heavy atom. The van der Waals surface area contributed by atoms with Crippen molar-refractivity contribution in [3.05, 3.63) is 28.5 Å². The van der Waals surface area contributed by atoms with E-state index in [1.807, 2.05) is 6.07 Å². The lowest BCUT2D eigenvalue weighted by Crippen LogP contribution is -2.60. The minimum atomic E-state index is -0.212. The molecule has 2 nitrogen and oxygen atoms in total. The Morgan fingerprint density at radius 2 is 2.15 bits per heavy atom. The number of nitrogens with one attached hydrogen (secondary N) is 1. The summed E-state index contributed by atoms with van der Waals surface area (Å²) in [7, 11) is 0. The molecule has 1 aromatic carbocycles. The SMILES string of the molecule is CCOC1CC(Nc2ccc(Br)c(F)c2)C12CCCC2. The van der Waals surface area contributed by atoms with Crippen molar-refractivity contribution in [3.8, 4) is 0 Å². The summed E-state index contributed by atoms with van der Waals surface area (Å²) in [5.41, 5.74) is 1.15. The van der Waals surface area contributed by atoms with Crippen molar-refractivity contribution in [1.82, 2.24) is 0 Å². The molecule has 1 aromatic rings. The molecule has 2 aliphatic rings. The fourth-order valence-electron chi connectivity index (χ4n) is 3.88. The van der Waals surface area contributed by atoms with Crippen LogP contribution in [-0.4, -0.2) is 18.8 Å². The van der Waals surface area contributed by atoms with E-state index < -0.39 is 0 Å². The van der Waals surface area contributed by atoms with Crippen LogP contribution in [0.1, 0.15) is 39.0 Å². The molecule has 0 radical (unpaired) electrons. The van der Waals surface area contributed by atoms with Gasteiger partial charge in [-0.15, -0.1) is 0 Å². The number of rotatable bonds is 4. The van der Waals surface area contributed by atoms with Crippen LogP contribution in [0.15, 0.2) is 22.7 Å². The fraction of sp³-hybridized carbons (Fsp3) is 0.625. The summed E-state index contributed by atoms with van der Waals surface area (Å²) in [5, 5.41) is 3.53. The standard InChI is InChI=1S/C16H21BrFNO/c1-2-20-15-10-14(16(15)7-3-4-8-16)19-11-5-6-12(17)13(18)9-11/h5-6,9,14-15,19H,2-4,7-8,10H2,1H3. The predicted molar refractivity (Wildman–Crippen MR) is 82.4 cm³/mol. The minimum Gasteiger partial charge on any atom is -0.381 e. The molecular weight excluding hydrogens is 321 g/mol. The van der Waals surface area contributed by atoms with Gasteiger partial charge in [-0.1, -0.05) is 12.8 Å². The highest BCUT2D eigenvalue weighted by Crippen LogP contribution is 2.55. The van der Waals surface area contributed by atoms with E-state index in [0.717, 1.165) is 18.7 Å². The molecule has 0 saturated heterocycles. The van der Waals surface area contributed by atoms with E-state index in [0.29, 0.717) is 16.6 Å². The molecule has 110 valence electrons. The minimum absolute atomic E-state index is 0.212. The number of halogens is 2. The maximum absolute atomic E-state index is 13.6. The van der Waals surface area contributed by atoms with Crippen molar-refractivity contribution in [1.29, 1.82) is 0 Å². The van der Waals surface area contributed by atoms with Crippen LogP contribution in [0.4, 0.5) is 10.1 Å². The smallest absolute Gasteiger partial charge is 0.139 e. The van der Waals surface area contributed by atoms with Crippen molar-refractivity contribution in [2.45, 2.75) is 51.2 Å². The Balaban J connectivity index is 1.72. The summed E-state index contributed by atoms with van der Waals surface area (Å²) in [6, 6.07) is 5.68. The molecule has 0 bridgehead atoms. The van der Waals surface area contributed by atoms with Crippen LogP contribution in [0.2, 0.25) is 0 Å². The van der Waals surface area contributed by atoms with Crippen LogP contribution < -0.4 is 5.32 Å². The second kappa shape index (κ2) is 5.64. The number of hydrogen-bond donors (Lipinski definition) is 1. The maximum Gasteiger partial charge on any atom is 0.139 e. The van der Waals surface area contributed by atoms with Crippen molar-refractivity contribution in [3.63, 3.8) is 0 Å². The summed E-state index contributed by atoms with van der Waals surface area (Å²) in [6.45, 7) is 2.85. The third-order valence-corrected chi connectivity index (χ3v) is 5.59. The molecule has 2 saturated carbocycles. The number of hydrogen-bond acceptors (Lipinski definition) is 2. The monoisotopic (exact) mass is 341 g/mol. The number of ether oxygens (including phenoxy) is 1. The van der Waals surface area contributed by atoms with E-state index in [2.05, 4.69) is 28.2 Å². The van der Waals surface area contributed by atoms with Gasteiger partial charge in [0.25, 0.3) is 0 Å². The Morgan fingerprint density at radius 3 is 2.80 bits per heavy atom. The van der Waals surface area contributed by atoms with Crippen molar-refractivity contribution >= 4 is 21.6 Å². The Labute approximate surface area is 128 Å². The summed E-state index contributed by atoms with van der Waals surface area (Å²) in [5.74, 6) is -0.212. The second-order valence-corrected chi connectivity index (χ2v) is 6.80. The fourth-order valence-corrected chi connectivity index (χ4v) is 4.12. The van der Waals surface area contributed by atoms with E-state index in [-0.39, 0.29) is 11.2 Å². The molecule has 3 rings (SSSR count). The zero-order chi connectivity index (χ0) is 14.2. The van der Waals surface area contributed by atoms with Gasteiger partial charge in [0.1, 0.15) is 5.82 Å². The summed E-state index contributed by atoms with van der Waals surface area (Å²) in [4.78, 5) is 0. The van der Waals surface area contributed by atoms with Gasteiger partial charge in [0.15, 0.2) is 0 Å². The van der Waals surface area contributed by atoms with Gasteiger partial charge in [-0.2, -0.15) is 0 Å². The van der Waals surface area contributed by atoms with Gasteiger partial charge in [0.05, 0.1) is 10.6 Å². The first-order chi connectivity index (χ1) is 9.65. The highest BCUT2D eigenvalue weighted by Gasteiger charge is 2.56. The van der Waals surface area contributed by atoms with Gasteiger partial charge in [-0.25, -0.2) is 4.39 Å². The van der Waals surface area contributed by atoms with E-state index >= 15 is 0 Å². The van der Waals surface area contributed by atoms with Crippen LogP contribution in [0.25, 0.3) is 0 Å². The molecule has 0 aliphatic heterocycles. The first kappa shape index (κ1) is 14.3. The molecule has 2 aliphatic carbocycles. The van der Waals surface area contributed by atoms with Gasteiger partial charge >= 0.3 is 0 Å². The Bertz CT molecular complexity index is 487. The quantitative estimate of drug-likeness (QED) is 0.854. The maximum atomic E-state index is 13.6. The van der Waals surface area contributed by atoms with Gasteiger partial charge in [0.2, 0.25) is 0 Å². The molecule has 0 amide bonds. The average molecular weight is 342 g/mol. The molecule has 2 unspecified atom stereocenters. The number of anilines is 1.